The number of ketones is 1. The van der Waals surface area contributed by atoms with Crippen molar-refractivity contribution >= 4 is 23.3 Å². The summed E-state index contributed by atoms with van der Waals surface area (Å²) in [6.07, 6.45) is 0. The van der Waals surface area contributed by atoms with E-state index in [1.54, 1.807) is 54.6 Å². The molecule has 0 aliphatic rings. The molecule has 0 bridgehead atoms. The smallest absolute Gasteiger partial charge is 0.344 e. The number of ether oxygens (including phenoxy) is 2. The fraction of sp³-hybridized carbons (Fsp3) is 0.0870. The van der Waals surface area contributed by atoms with E-state index in [9.17, 15) is 18.8 Å². The van der Waals surface area contributed by atoms with Crippen LogP contribution in [0.15, 0.2) is 78.9 Å². The second-order valence-corrected chi connectivity index (χ2v) is 6.20. The molecule has 1 N–H and O–H groups in total. The van der Waals surface area contributed by atoms with Gasteiger partial charge in [0.05, 0.1) is 5.69 Å². The van der Waals surface area contributed by atoms with Crippen LogP contribution in [0.1, 0.15) is 15.9 Å². The molecule has 7 heteroatoms. The van der Waals surface area contributed by atoms with Crippen molar-refractivity contribution in [2.24, 2.45) is 0 Å². The average Bonchev–Trinajstić information content (AvgIpc) is 2.77. The van der Waals surface area contributed by atoms with Crippen LogP contribution in [0.5, 0.6) is 5.75 Å². The fourth-order valence-electron chi connectivity index (χ4n) is 2.61. The van der Waals surface area contributed by atoms with Gasteiger partial charge < -0.3 is 14.8 Å². The number of anilines is 1. The van der Waals surface area contributed by atoms with Crippen LogP contribution in [0, 0.1) is 5.82 Å². The van der Waals surface area contributed by atoms with E-state index < -0.39 is 30.9 Å². The number of esters is 1. The lowest BCUT2D eigenvalue weighted by molar-refractivity contribution is -0.149. The van der Waals surface area contributed by atoms with Crippen LogP contribution in [-0.4, -0.2) is 30.9 Å². The van der Waals surface area contributed by atoms with Crippen LogP contribution in [0.25, 0.3) is 0 Å². The van der Waals surface area contributed by atoms with E-state index in [4.69, 9.17) is 9.47 Å². The molecule has 0 aromatic heterocycles. The first-order chi connectivity index (χ1) is 14.5. The average molecular weight is 407 g/mol. The lowest BCUT2D eigenvalue weighted by atomic mass is 10.0. The molecule has 0 fully saturated rings. The molecular formula is C23H18FNO5. The second kappa shape index (κ2) is 9.97. The van der Waals surface area contributed by atoms with Gasteiger partial charge in [0.15, 0.2) is 19.0 Å². The van der Waals surface area contributed by atoms with Crippen molar-refractivity contribution < 1.29 is 28.2 Å². The molecule has 30 heavy (non-hydrogen) atoms. The van der Waals surface area contributed by atoms with Gasteiger partial charge in [-0.3, -0.25) is 9.59 Å². The van der Waals surface area contributed by atoms with Crippen LogP contribution < -0.4 is 10.1 Å². The third-order valence-corrected chi connectivity index (χ3v) is 4.00. The van der Waals surface area contributed by atoms with Gasteiger partial charge in [0.25, 0.3) is 5.91 Å². The first kappa shape index (κ1) is 20.7. The minimum absolute atomic E-state index is 0.171. The van der Waals surface area contributed by atoms with E-state index in [1.807, 2.05) is 0 Å². The number of carbonyl (C=O) groups is 3. The highest BCUT2D eigenvalue weighted by molar-refractivity contribution is 6.13. The third kappa shape index (κ3) is 5.75. The molecular weight excluding hydrogens is 389 g/mol. The molecule has 0 saturated carbocycles. The summed E-state index contributed by atoms with van der Waals surface area (Å²) >= 11 is 0. The predicted octanol–water partition coefficient (Wildman–Crippen LogP) is 3.62. The molecule has 6 nitrogen and oxygen atoms in total. The van der Waals surface area contributed by atoms with Crippen LogP contribution in [0.3, 0.4) is 0 Å². The normalized spacial score (nSPS) is 10.2. The Morgan fingerprint density at radius 3 is 2.33 bits per heavy atom. The molecule has 152 valence electrons. The highest BCUT2D eigenvalue weighted by atomic mass is 19.1. The van der Waals surface area contributed by atoms with Crippen molar-refractivity contribution in [3.8, 4) is 5.75 Å². The minimum atomic E-state index is -0.789. The summed E-state index contributed by atoms with van der Waals surface area (Å²) in [6, 6.07) is 20.5. The zero-order chi connectivity index (χ0) is 21.3. The highest BCUT2D eigenvalue weighted by Crippen LogP contribution is 2.19. The van der Waals surface area contributed by atoms with Gasteiger partial charge in [0.2, 0.25) is 0 Å². The molecule has 0 heterocycles. The van der Waals surface area contributed by atoms with Crippen molar-refractivity contribution in [3.05, 3.63) is 95.8 Å². The number of benzene rings is 3. The summed E-state index contributed by atoms with van der Waals surface area (Å²) in [7, 11) is 0. The predicted molar refractivity (Wildman–Crippen MR) is 108 cm³/mol. The maximum absolute atomic E-state index is 13.1. The molecule has 0 aliphatic heterocycles. The van der Waals surface area contributed by atoms with Gasteiger partial charge in [0.1, 0.15) is 11.6 Å². The Balaban J connectivity index is 1.54. The maximum atomic E-state index is 13.1. The SMILES string of the molecule is O=C(COC(=O)COc1cccc(F)c1)Nc1ccccc1C(=O)c1ccccc1. The van der Waals surface area contributed by atoms with Gasteiger partial charge in [-0.2, -0.15) is 0 Å². The highest BCUT2D eigenvalue weighted by Gasteiger charge is 2.15. The molecule has 0 atom stereocenters. The van der Waals surface area contributed by atoms with Crippen molar-refractivity contribution in [2.45, 2.75) is 0 Å². The first-order valence-corrected chi connectivity index (χ1v) is 9.05. The number of hydrogen-bond donors (Lipinski definition) is 1. The molecule has 0 saturated heterocycles. The summed E-state index contributed by atoms with van der Waals surface area (Å²) in [6.45, 7) is -1.03. The summed E-state index contributed by atoms with van der Waals surface area (Å²) in [5, 5.41) is 2.57. The van der Waals surface area contributed by atoms with Crippen LogP contribution in [0.4, 0.5) is 10.1 Å². The Hall–Kier alpha value is -4.00. The number of hydrogen-bond acceptors (Lipinski definition) is 5. The number of carbonyl (C=O) groups excluding carboxylic acids is 3. The first-order valence-electron chi connectivity index (χ1n) is 9.05. The monoisotopic (exact) mass is 407 g/mol. The molecule has 0 spiro atoms. The zero-order valence-corrected chi connectivity index (χ0v) is 15.8. The molecule has 0 unspecified atom stereocenters. The van der Waals surface area contributed by atoms with E-state index >= 15 is 0 Å². The van der Waals surface area contributed by atoms with Gasteiger partial charge in [-0.1, -0.05) is 48.5 Å². The molecule has 3 rings (SSSR count). The van der Waals surface area contributed by atoms with Crippen molar-refractivity contribution in [1.82, 2.24) is 0 Å². The van der Waals surface area contributed by atoms with Gasteiger partial charge in [0, 0.05) is 17.2 Å². The van der Waals surface area contributed by atoms with Crippen molar-refractivity contribution in [2.75, 3.05) is 18.5 Å². The van der Waals surface area contributed by atoms with Crippen molar-refractivity contribution in [3.63, 3.8) is 0 Å². The third-order valence-electron chi connectivity index (χ3n) is 4.00. The largest absolute Gasteiger partial charge is 0.482 e. The van der Waals surface area contributed by atoms with E-state index in [2.05, 4.69) is 5.32 Å². The van der Waals surface area contributed by atoms with Gasteiger partial charge >= 0.3 is 5.97 Å². The number of nitrogens with one attached hydrogen (secondary N) is 1. The molecule has 3 aromatic rings. The lowest BCUT2D eigenvalue weighted by Crippen LogP contribution is -2.24. The van der Waals surface area contributed by atoms with E-state index in [0.717, 1.165) is 6.07 Å². The van der Waals surface area contributed by atoms with Crippen LogP contribution >= 0.6 is 0 Å². The van der Waals surface area contributed by atoms with E-state index in [0.29, 0.717) is 16.8 Å². The standard InChI is InChI=1S/C23H18FNO5/c24-17-9-6-10-18(13-17)29-15-22(27)30-14-21(26)25-20-12-5-4-11-19(20)23(28)16-7-2-1-3-8-16/h1-13H,14-15H2,(H,25,26). The molecule has 1 amide bonds. The quantitative estimate of drug-likeness (QED) is 0.456. The fourth-order valence-corrected chi connectivity index (χ4v) is 2.61. The number of amides is 1. The van der Waals surface area contributed by atoms with Crippen LogP contribution in [-0.2, 0) is 14.3 Å². The van der Waals surface area contributed by atoms with Gasteiger partial charge in [-0.15, -0.1) is 0 Å². The molecule has 0 radical (unpaired) electrons. The Kier molecular flexibility index (Phi) is 6.89. The zero-order valence-electron chi connectivity index (χ0n) is 15.8. The summed E-state index contributed by atoms with van der Waals surface area (Å²) in [4.78, 5) is 36.6. The Morgan fingerprint density at radius 2 is 1.57 bits per heavy atom. The number of rotatable bonds is 8. The molecule has 3 aromatic carbocycles. The Labute approximate surface area is 172 Å². The summed E-state index contributed by atoms with van der Waals surface area (Å²) in [5.74, 6) is -1.97. The second-order valence-electron chi connectivity index (χ2n) is 6.20. The number of halogens is 1. The number of para-hydroxylation sites is 1. The Bertz CT molecular complexity index is 1050. The van der Waals surface area contributed by atoms with E-state index in [-0.39, 0.29) is 11.5 Å². The Morgan fingerprint density at radius 1 is 0.833 bits per heavy atom. The van der Waals surface area contributed by atoms with Gasteiger partial charge in [-0.25, -0.2) is 9.18 Å². The van der Waals surface area contributed by atoms with Crippen molar-refractivity contribution in [1.29, 1.82) is 0 Å². The topological polar surface area (TPSA) is 81.7 Å². The van der Waals surface area contributed by atoms with Gasteiger partial charge in [-0.05, 0) is 24.3 Å². The maximum Gasteiger partial charge on any atom is 0.344 e. The minimum Gasteiger partial charge on any atom is -0.482 e. The summed E-state index contributed by atoms with van der Waals surface area (Å²) < 4.78 is 23.0. The summed E-state index contributed by atoms with van der Waals surface area (Å²) in [5.41, 5.74) is 1.11. The van der Waals surface area contributed by atoms with E-state index in [1.165, 1.54) is 18.2 Å². The van der Waals surface area contributed by atoms with Crippen LogP contribution in [0.2, 0.25) is 0 Å². The molecule has 0 aliphatic carbocycles. The lowest BCUT2D eigenvalue weighted by Gasteiger charge is -2.11.